The Kier molecular flexibility index (Phi) is 6.49. The second kappa shape index (κ2) is 9.05. The van der Waals surface area contributed by atoms with Crippen LogP contribution in [0.2, 0.25) is 5.02 Å². The summed E-state index contributed by atoms with van der Waals surface area (Å²) in [5, 5.41) is 7.64. The molecule has 0 saturated carbocycles. The van der Waals surface area contributed by atoms with E-state index in [1.54, 1.807) is 6.08 Å². The average molecular weight is 410 g/mol. The number of nitrogens with zero attached hydrogens (tertiary/aromatic N) is 2. The molecule has 29 heavy (non-hydrogen) atoms. The van der Waals surface area contributed by atoms with Crippen LogP contribution in [0.1, 0.15) is 48.9 Å². The highest BCUT2D eigenvalue weighted by atomic mass is 35.5. The Morgan fingerprint density at radius 3 is 2.66 bits per heavy atom. The van der Waals surface area contributed by atoms with Gasteiger partial charge in [0.1, 0.15) is 6.04 Å². The zero-order chi connectivity index (χ0) is 21.0. The number of amides is 1. The van der Waals surface area contributed by atoms with E-state index in [0.29, 0.717) is 17.3 Å². The summed E-state index contributed by atoms with van der Waals surface area (Å²) >= 11 is 6.08. The number of aromatic nitrogens is 1. The molecule has 0 saturated heterocycles. The van der Waals surface area contributed by atoms with Crippen LogP contribution in [-0.2, 0) is 4.79 Å². The molecule has 2 aromatic rings. The van der Waals surface area contributed by atoms with Crippen LogP contribution in [0.5, 0.6) is 0 Å². The zero-order valence-corrected chi connectivity index (χ0v) is 17.6. The molecule has 0 spiro atoms. The minimum absolute atomic E-state index is 0.0913. The largest absolute Gasteiger partial charge is 0.358 e. The van der Waals surface area contributed by atoms with Gasteiger partial charge in [-0.1, -0.05) is 53.7 Å². The van der Waals surface area contributed by atoms with Crippen LogP contribution in [0.25, 0.3) is 5.57 Å². The molecular formula is C23H24ClN3O2. The van der Waals surface area contributed by atoms with E-state index in [0.717, 1.165) is 33.7 Å². The topological polar surface area (TPSA) is 67.5 Å². The van der Waals surface area contributed by atoms with Gasteiger partial charge in [0.2, 0.25) is 5.91 Å². The molecule has 1 amide bonds. The van der Waals surface area contributed by atoms with E-state index in [9.17, 15) is 4.79 Å². The van der Waals surface area contributed by atoms with Gasteiger partial charge in [0, 0.05) is 22.7 Å². The Bertz CT molecular complexity index is 1010. The first-order valence-electron chi connectivity index (χ1n) is 9.56. The van der Waals surface area contributed by atoms with Gasteiger partial charge in [0.15, 0.2) is 5.76 Å². The third kappa shape index (κ3) is 4.25. The molecule has 1 aromatic heterocycles. The van der Waals surface area contributed by atoms with E-state index in [1.165, 1.54) is 0 Å². The summed E-state index contributed by atoms with van der Waals surface area (Å²) in [6.45, 7) is 10.3. The predicted molar refractivity (Wildman–Crippen MR) is 117 cm³/mol. The van der Waals surface area contributed by atoms with Gasteiger partial charge in [-0.15, -0.1) is 0 Å². The fraction of sp³-hybridized carbons (Fsp3) is 0.261. The maximum absolute atomic E-state index is 12.4. The van der Waals surface area contributed by atoms with Crippen molar-refractivity contribution in [1.82, 2.24) is 10.5 Å². The van der Waals surface area contributed by atoms with Crippen molar-refractivity contribution < 1.29 is 9.32 Å². The first-order valence-corrected chi connectivity index (χ1v) is 9.94. The molecule has 0 radical (unpaired) electrons. The number of aliphatic imine (C=N–C) groups is 1. The monoisotopic (exact) mass is 409 g/mol. The molecule has 1 aliphatic rings. The Hall–Kier alpha value is -2.92. The van der Waals surface area contributed by atoms with Crippen molar-refractivity contribution in [2.24, 2.45) is 4.99 Å². The summed E-state index contributed by atoms with van der Waals surface area (Å²) in [6, 6.07) is 6.98. The van der Waals surface area contributed by atoms with Crippen molar-refractivity contribution in [3.8, 4) is 0 Å². The van der Waals surface area contributed by atoms with Crippen LogP contribution < -0.4 is 5.32 Å². The molecular weight excluding hydrogens is 386 g/mol. The third-order valence-electron chi connectivity index (χ3n) is 4.70. The van der Waals surface area contributed by atoms with E-state index in [-0.39, 0.29) is 12.3 Å². The highest BCUT2D eigenvalue weighted by Gasteiger charge is 2.31. The van der Waals surface area contributed by atoms with Crippen LogP contribution in [0.3, 0.4) is 0 Å². The molecule has 0 bridgehead atoms. The molecule has 1 aromatic carbocycles. The fourth-order valence-electron chi connectivity index (χ4n) is 3.46. The number of fused-ring (bicyclic) bond motifs is 1. The number of hydrogen-bond donors (Lipinski definition) is 1. The van der Waals surface area contributed by atoms with Gasteiger partial charge < -0.3 is 9.84 Å². The van der Waals surface area contributed by atoms with Crippen LogP contribution in [0.15, 0.2) is 64.2 Å². The summed E-state index contributed by atoms with van der Waals surface area (Å²) in [4.78, 5) is 17.3. The summed E-state index contributed by atoms with van der Waals surface area (Å²) in [5.74, 6) is 0.497. The maximum atomic E-state index is 12.4. The number of benzene rings is 1. The highest BCUT2D eigenvalue weighted by molar-refractivity contribution is 6.30. The Balaban J connectivity index is 2.27. The lowest BCUT2D eigenvalue weighted by atomic mass is 9.92. The predicted octanol–water partition coefficient (Wildman–Crippen LogP) is 5.22. The second-order valence-corrected chi connectivity index (χ2v) is 7.13. The van der Waals surface area contributed by atoms with E-state index < -0.39 is 6.04 Å². The third-order valence-corrected chi connectivity index (χ3v) is 4.95. The number of carbonyl (C=O) groups is 1. The van der Waals surface area contributed by atoms with E-state index in [2.05, 4.69) is 17.1 Å². The molecule has 0 aliphatic carbocycles. The normalized spacial score (nSPS) is 16.4. The fourth-order valence-corrected chi connectivity index (χ4v) is 3.58. The lowest BCUT2D eigenvalue weighted by Gasteiger charge is -2.12. The highest BCUT2D eigenvalue weighted by Crippen LogP contribution is 2.39. The van der Waals surface area contributed by atoms with Gasteiger partial charge in [0.05, 0.1) is 23.4 Å². The van der Waals surface area contributed by atoms with Gasteiger partial charge in [-0.2, -0.15) is 0 Å². The van der Waals surface area contributed by atoms with E-state index in [4.69, 9.17) is 21.1 Å². The molecule has 150 valence electrons. The van der Waals surface area contributed by atoms with Crippen LogP contribution >= 0.6 is 11.6 Å². The van der Waals surface area contributed by atoms with Crippen molar-refractivity contribution >= 4 is 28.8 Å². The number of carbonyl (C=O) groups excluding carboxylic acids is 1. The molecule has 0 fully saturated rings. The first kappa shape index (κ1) is 20.8. The molecule has 1 atom stereocenters. The summed E-state index contributed by atoms with van der Waals surface area (Å²) in [5.41, 5.74) is 5.02. The smallest absolute Gasteiger partial charge is 0.222 e. The summed E-state index contributed by atoms with van der Waals surface area (Å²) < 4.78 is 5.67. The number of halogens is 1. The quantitative estimate of drug-likeness (QED) is 0.710. The van der Waals surface area contributed by atoms with E-state index >= 15 is 0 Å². The van der Waals surface area contributed by atoms with Crippen molar-refractivity contribution in [3.05, 3.63) is 82.2 Å². The molecule has 2 heterocycles. The molecule has 1 N–H and O–H groups in total. The van der Waals surface area contributed by atoms with Gasteiger partial charge in [-0.05, 0) is 38.5 Å². The number of rotatable bonds is 6. The van der Waals surface area contributed by atoms with Crippen molar-refractivity contribution in [2.75, 3.05) is 6.54 Å². The van der Waals surface area contributed by atoms with Gasteiger partial charge in [0.25, 0.3) is 0 Å². The maximum Gasteiger partial charge on any atom is 0.222 e. The molecule has 5 nitrogen and oxygen atoms in total. The van der Waals surface area contributed by atoms with Gasteiger partial charge >= 0.3 is 0 Å². The lowest BCUT2D eigenvalue weighted by molar-refractivity contribution is -0.121. The standard InChI is InChI=1S/C23H24ClN3O2/c1-5-8-18-17(6-2)22(15-9-11-16(24)12-10-15)26-19(13-20(28)25-7-3)23-21(18)14(4)27-29-23/h5-6,8-12,19H,2,7,13H2,1,3-4H3,(H,25,28)/b8-5-/t19-/m0/s1. The number of aryl methyl sites for hydroxylation is 1. The minimum atomic E-state index is -0.499. The minimum Gasteiger partial charge on any atom is -0.358 e. The second-order valence-electron chi connectivity index (χ2n) is 6.70. The Morgan fingerprint density at radius 2 is 2.03 bits per heavy atom. The molecule has 0 unspecified atom stereocenters. The number of allylic oxidation sites excluding steroid dienone is 5. The zero-order valence-electron chi connectivity index (χ0n) is 16.8. The first-order chi connectivity index (χ1) is 14.0. The van der Waals surface area contributed by atoms with E-state index in [1.807, 2.05) is 57.2 Å². The van der Waals surface area contributed by atoms with Crippen molar-refractivity contribution in [2.45, 2.75) is 33.2 Å². The average Bonchev–Trinajstić information content (AvgIpc) is 3.02. The molecule has 6 heteroatoms. The molecule has 3 rings (SSSR count). The van der Waals surface area contributed by atoms with Crippen LogP contribution in [-0.4, -0.2) is 23.3 Å². The van der Waals surface area contributed by atoms with Crippen LogP contribution in [0, 0.1) is 6.92 Å². The number of nitrogens with one attached hydrogen (secondary N) is 1. The number of hydrogen-bond acceptors (Lipinski definition) is 4. The Morgan fingerprint density at radius 1 is 1.31 bits per heavy atom. The molecule has 1 aliphatic heterocycles. The Labute approximate surface area is 175 Å². The lowest BCUT2D eigenvalue weighted by Crippen LogP contribution is -2.24. The van der Waals surface area contributed by atoms with Gasteiger partial charge in [-0.25, -0.2) is 0 Å². The van der Waals surface area contributed by atoms with Gasteiger partial charge in [-0.3, -0.25) is 9.79 Å². The summed E-state index contributed by atoms with van der Waals surface area (Å²) in [6.07, 6.45) is 5.91. The van der Waals surface area contributed by atoms with Crippen molar-refractivity contribution in [3.63, 3.8) is 0 Å². The van der Waals surface area contributed by atoms with Crippen LogP contribution in [0.4, 0.5) is 0 Å². The summed E-state index contributed by atoms with van der Waals surface area (Å²) in [7, 11) is 0. The van der Waals surface area contributed by atoms with Crippen molar-refractivity contribution in [1.29, 1.82) is 0 Å². The SMILES string of the molecule is C=CC1=C(/C=C\C)c2c(C)noc2[C@H](CC(=O)NCC)N=C1c1ccc(Cl)cc1.